The molecule has 1 amide bonds. The average Bonchev–Trinajstić information content (AvgIpc) is 2.78. The van der Waals surface area contributed by atoms with E-state index in [4.69, 9.17) is 0 Å². The van der Waals surface area contributed by atoms with E-state index in [9.17, 15) is 13.2 Å². The number of amides is 1. The summed E-state index contributed by atoms with van der Waals surface area (Å²) in [6.07, 6.45) is 0.471. The van der Waals surface area contributed by atoms with E-state index in [1.807, 2.05) is 20.8 Å². The summed E-state index contributed by atoms with van der Waals surface area (Å²) in [5, 5.41) is 6.52. The van der Waals surface area contributed by atoms with Crippen LogP contribution in [-0.4, -0.2) is 34.1 Å². The van der Waals surface area contributed by atoms with Gasteiger partial charge in [-0.25, -0.2) is 8.42 Å². The van der Waals surface area contributed by atoms with Crippen molar-refractivity contribution < 1.29 is 13.2 Å². The van der Waals surface area contributed by atoms with Crippen molar-refractivity contribution in [3.8, 4) is 0 Å². The highest BCUT2D eigenvalue weighted by atomic mass is 32.2. The van der Waals surface area contributed by atoms with Crippen molar-refractivity contribution in [2.45, 2.75) is 70.3 Å². The highest BCUT2D eigenvalue weighted by Crippen LogP contribution is 2.27. The largest absolute Gasteiger partial charge is 0.310 e. The Morgan fingerprint density at radius 1 is 1.30 bits per heavy atom. The Kier molecular flexibility index (Phi) is 5.36. The van der Waals surface area contributed by atoms with E-state index in [-0.39, 0.29) is 5.41 Å². The van der Waals surface area contributed by atoms with Crippen molar-refractivity contribution in [2.75, 3.05) is 5.32 Å². The lowest BCUT2D eigenvalue weighted by atomic mass is 9.92. The van der Waals surface area contributed by atoms with E-state index in [1.54, 1.807) is 31.6 Å². The normalized spacial score (nSPS) is 14.6. The van der Waals surface area contributed by atoms with E-state index in [0.29, 0.717) is 12.2 Å². The lowest BCUT2D eigenvalue weighted by Crippen LogP contribution is -2.48. The summed E-state index contributed by atoms with van der Waals surface area (Å²) in [4.78, 5) is 12.6. The second-order valence-corrected chi connectivity index (χ2v) is 10.4. The Morgan fingerprint density at radius 3 is 2.22 bits per heavy atom. The zero-order valence-electron chi connectivity index (χ0n) is 15.4. The monoisotopic (exact) mass is 343 g/mol. The van der Waals surface area contributed by atoms with Gasteiger partial charge < -0.3 is 5.32 Å². The number of carbonyl (C=O) groups is 1. The van der Waals surface area contributed by atoms with Crippen molar-refractivity contribution in [3.63, 3.8) is 0 Å². The third-order valence-electron chi connectivity index (χ3n) is 4.25. The average molecular weight is 343 g/mol. The van der Waals surface area contributed by atoms with E-state index in [1.165, 1.54) is 13.8 Å². The molecular formula is C16H29N3O3S. The molecule has 0 bridgehead atoms. The number of aryl methyl sites for hydroxylation is 1. The summed E-state index contributed by atoms with van der Waals surface area (Å²) in [7, 11) is -1.86. The number of anilines is 1. The molecule has 0 aliphatic heterocycles. The number of sulfone groups is 1. The number of hydrogen-bond donors (Lipinski definition) is 1. The number of aromatic nitrogens is 2. The number of nitrogens with zero attached hydrogens (tertiary/aromatic N) is 2. The standard InChI is InChI=1S/C16H29N3O3S/c1-9-11(2)23(21,22)16(6,7)14(20)17-13-10-12(15(3,4)5)18-19(13)8/h10-11H,9H2,1-8H3,(H,17,20). The van der Waals surface area contributed by atoms with Crippen LogP contribution in [0.5, 0.6) is 0 Å². The molecule has 0 spiro atoms. The Balaban J connectivity index is 3.11. The highest BCUT2D eigenvalue weighted by molar-refractivity contribution is 7.94. The van der Waals surface area contributed by atoms with E-state index in [0.717, 1.165) is 5.69 Å². The number of rotatable bonds is 5. The number of carbonyl (C=O) groups excluding carboxylic acids is 1. The van der Waals surface area contributed by atoms with Crippen LogP contribution in [0.4, 0.5) is 5.82 Å². The molecule has 0 aromatic carbocycles. The summed E-state index contributed by atoms with van der Waals surface area (Å²) >= 11 is 0. The van der Waals surface area contributed by atoms with Gasteiger partial charge in [-0.05, 0) is 27.2 Å². The molecule has 1 unspecified atom stereocenters. The molecule has 1 N–H and O–H groups in total. The summed E-state index contributed by atoms with van der Waals surface area (Å²) < 4.78 is 25.2. The molecule has 1 heterocycles. The molecule has 0 aliphatic carbocycles. The summed E-state index contributed by atoms with van der Waals surface area (Å²) in [5.74, 6) is -0.0476. The smallest absolute Gasteiger partial charge is 0.246 e. The van der Waals surface area contributed by atoms with Gasteiger partial charge in [0.2, 0.25) is 5.91 Å². The van der Waals surface area contributed by atoms with Crippen molar-refractivity contribution in [1.82, 2.24) is 9.78 Å². The predicted molar refractivity (Wildman–Crippen MR) is 93.3 cm³/mol. The van der Waals surface area contributed by atoms with Gasteiger partial charge in [-0.2, -0.15) is 5.10 Å². The molecule has 0 saturated heterocycles. The fraction of sp³-hybridized carbons (Fsp3) is 0.750. The van der Waals surface area contributed by atoms with Crippen LogP contribution < -0.4 is 5.32 Å². The second-order valence-electron chi connectivity index (χ2n) is 7.52. The Labute approximate surface area is 139 Å². The molecule has 1 aromatic heterocycles. The maximum Gasteiger partial charge on any atom is 0.246 e. The summed E-state index contributed by atoms with van der Waals surface area (Å²) in [6, 6.07) is 1.78. The molecule has 1 aromatic rings. The molecule has 0 radical (unpaired) electrons. The van der Waals surface area contributed by atoms with Crippen molar-refractivity contribution >= 4 is 21.6 Å². The van der Waals surface area contributed by atoms with Crippen LogP contribution in [0.1, 0.15) is 60.6 Å². The lowest BCUT2D eigenvalue weighted by Gasteiger charge is -2.26. The Morgan fingerprint density at radius 2 is 1.83 bits per heavy atom. The quantitative estimate of drug-likeness (QED) is 0.891. The zero-order valence-corrected chi connectivity index (χ0v) is 16.2. The van der Waals surface area contributed by atoms with Crippen LogP contribution in [-0.2, 0) is 27.1 Å². The summed E-state index contributed by atoms with van der Waals surface area (Å²) in [5.41, 5.74) is 0.678. The van der Waals surface area contributed by atoms with Gasteiger partial charge in [0.1, 0.15) is 10.6 Å². The molecule has 132 valence electrons. The Hall–Kier alpha value is -1.37. The van der Waals surface area contributed by atoms with E-state index in [2.05, 4.69) is 10.4 Å². The second kappa shape index (κ2) is 6.26. The van der Waals surface area contributed by atoms with Crippen LogP contribution in [0, 0.1) is 0 Å². The topological polar surface area (TPSA) is 81.1 Å². The van der Waals surface area contributed by atoms with Crippen LogP contribution in [0.25, 0.3) is 0 Å². The van der Waals surface area contributed by atoms with Gasteiger partial charge in [0.25, 0.3) is 0 Å². The van der Waals surface area contributed by atoms with Gasteiger partial charge >= 0.3 is 0 Å². The van der Waals surface area contributed by atoms with Gasteiger partial charge in [-0.1, -0.05) is 27.7 Å². The van der Waals surface area contributed by atoms with Gasteiger partial charge in [0, 0.05) is 18.5 Å². The van der Waals surface area contributed by atoms with Crippen LogP contribution in [0.15, 0.2) is 6.07 Å². The maximum absolute atomic E-state index is 12.6. The fourth-order valence-electron chi connectivity index (χ4n) is 2.07. The van der Waals surface area contributed by atoms with E-state index < -0.39 is 25.7 Å². The minimum absolute atomic E-state index is 0.154. The molecule has 7 heteroatoms. The van der Waals surface area contributed by atoms with Crippen molar-refractivity contribution in [2.24, 2.45) is 7.05 Å². The lowest BCUT2D eigenvalue weighted by molar-refractivity contribution is -0.117. The van der Waals surface area contributed by atoms with Gasteiger partial charge in [-0.15, -0.1) is 0 Å². The van der Waals surface area contributed by atoms with Gasteiger partial charge in [0.05, 0.1) is 10.9 Å². The van der Waals surface area contributed by atoms with E-state index >= 15 is 0 Å². The number of nitrogens with one attached hydrogen (secondary N) is 1. The highest BCUT2D eigenvalue weighted by Gasteiger charge is 2.44. The van der Waals surface area contributed by atoms with Crippen molar-refractivity contribution in [3.05, 3.63) is 11.8 Å². The van der Waals surface area contributed by atoms with Gasteiger partial charge in [0.15, 0.2) is 9.84 Å². The third-order valence-corrected chi connectivity index (χ3v) is 7.25. The SMILES string of the molecule is CCC(C)S(=O)(=O)C(C)(C)C(=O)Nc1cc(C(C)(C)C)nn1C. The first kappa shape index (κ1) is 19.7. The van der Waals surface area contributed by atoms with Crippen LogP contribution in [0.3, 0.4) is 0 Å². The Bertz CT molecular complexity index is 682. The first-order valence-corrected chi connectivity index (χ1v) is 9.39. The van der Waals surface area contributed by atoms with Crippen molar-refractivity contribution in [1.29, 1.82) is 0 Å². The van der Waals surface area contributed by atoms with Crippen LogP contribution >= 0.6 is 0 Å². The minimum atomic E-state index is -3.58. The van der Waals surface area contributed by atoms with Gasteiger partial charge in [-0.3, -0.25) is 9.48 Å². The first-order valence-electron chi connectivity index (χ1n) is 7.84. The first-order chi connectivity index (χ1) is 10.2. The minimum Gasteiger partial charge on any atom is -0.310 e. The zero-order chi connectivity index (χ0) is 18.2. The number of hydrogen-bond acceptors (Lipinski definition) is 4. The molecule has 6 nitrogen and oxygen atoms in total. The predicted octanol–water partition coefficient (Wildman–Crippen LogP) is 2.65. The molecule has 23 heavy (non-hydrogen) atoms. The summed E-state index contributed by atoms with van der Waals surface area (Å²) in [6.45, 7) is 12.4. The third kappa shape index (κ3) is 3.76. The molecule has 0 fully saturated rings. The molecule has 1 atom stereocenters. The molecular weight excluding hydrogens is 314 g/mol. The molecule has 0 aliphatic rings. The maximum atomic E-state index is 12.6. The molecule has 1 rings (SSSR count). The fourth-order valence-corrected chi connectivity index (χ4v) is 3.82. The van der Waals surface area contributed by atoms with Crippen LogP contribution in [0.2, 0.25) is 0 Å². The molecule has 0 saturated carbocycles.